The summed E-state index contributed by atoms with van der Waals surface area (Å²) in [5, 5.41) is 0. The van der Waals surface area contributed by atoms with Crippen molar-refractivity contribution in [3.63, 3.8) is 0 Å². The summed E-state index contributed by atoms with van der Waals surface area (Å²) >= 11 is 0. The van der Waals surface area contributed by atoms with Crippen molar-refractivity contribution in [1.82, 2.24) is 9.80 Å². The molecule has 0 heterocycles. The van der Waals surface area contributed by atoms with Crippen LogP contribution >= 0.6 is 0 Å². The molecule has 0 aromatic rings. The first kappa shape index (κ1) is 64.6. The van der Waals surface area contributed by atoms with Gasteiger partial charge in [0.2, 0.25) is 0 Å². The predicted octanol–water partition coefficient (Wildman–Crippen LogP) is 16.0. The van der Waals surface area contributed by atoms with E-state index >= 15 is 0 Å². The number of amides is 1. The standard InChI is InChI=1S/C57H110N2O8/c1-8-13-17-29-39-51(40-30-18-14-9-2)65-55(61)45-35-27-23-21-25-33-43-53(67-57(63)59(50-38-48-58(6)7)49-37-47-54(60)64-12-5)44-34-26-22-24-28-36-46-56(62)66-52(41-31-19-15-10-3)42-32-20-16-11-4/h51-53H,8-50H2,1-7H3. The number of carbonyl (C=O) groups is 4. The lowest BCUT2D eigenvalue weighted by atomic mass is 10.0. The van der Waals surface area contributed by atoms with Crippen molar-refractivity contribution in [2.75, 3.05) is 40.3 Å². The van der Waals surface area contributed by atoms with Crippen molar-refractivity contribution in [2.24, 2.45) is 0 Å². The van der Waals surface area contributed by atoms with Crippen LogP contribution < -0.4 is 0 Å². The molecule has 0 aromatic carbocycles. The van der Waals surface area contributed by atoms with Crippen LogP contribution in [0.5, 0.6) is 0 Å². The largest absolute Gasteiger partial charge is 0.466 e. The Balaban J connectivity index is 5.05. The number of rotatable bonds is 50. The van der Waals surface area contributed by atoms with Gasteiger partial charge in [-0.1, -0.05) is 156 Å². The fraction of sp³-hybridized carbons (Fsp3) is 0.930. The quantitative estimate of drug-likeness (QED) is 0.0334. The Labute approximate surface area is 414 Å². The summed E-state index contributed by atoms with van der Waals surface area (Å²) in [6.07, 6.45) is 39.7. The smallest absolute Gasteiger partial charge is 0.410 e. The van der Waals surface area contributed by atoms with Crippen molar-refractivity contribution < 1.29 is 38.1 Å². The molecule has 0 rings (SSSR count). The van der Waals surface area contributed by atoms with E-state index in [9.17, 15) is 19.2 Å². The summed E-state index contributed by atoms with van der Waals surface area (Å²) in [7, 11) is 4.07. The van der Waals surface area contributed by atoms with Crippen LogP contribution in [0.15, 0.2) is 0 Å². The van der Waals surface area contributed by atoms with Gasteiger partial charge in [0.1, 0.15) is 18.3 Å². The second kappa shape index (κ2) is 48.7. The molecular formula is C57H110N2O8. The van der Waals surface area contributed by atoms with Gasteiger partial charge in [-0.15, -0.1) is 0 Å². The van der Waals surface area contributed by atoms with Gasteiger partial charge < -0.3 is 28.7 Å². The number of ether oxygens (including phenoxy) is 4. The van der Waals surface area contributed by atoms with Crippen molar-refractivity contribution in [1.29, 1.82) is 0 Å². The maximum absolute atomic E-state index is 13.7. The SMILES string of the molecule is CCCCCCC(CCCCCC)OC(=O)CCCCCCCCC(CCCCCCCCC(=O)OC(CCCCCC)CCCCCC)OC(=O)N(CCCC(=O)OCC)CCCN(C)C. The highest BCUT2D eigenvalue weighted by Gasteiger charge is 2.21. The Hall–Kier alpha value is -2.36. The Bertz CT molecular complexity index is 1050. The van der Waals surface area contributed by atoms with Gasteiger partial charge in [-0.25, -0.2) is 4.79 Å². The highest BCUT2D eigenvalue weighted by molar-refractivity contribution is 5.70. The molecule has 0 saturated heterocycles. The number of hydrogen-bond acceptors (Lipinski definition) is 9. The van der Waals surface area contributed by atoms with Gasteiger partial charge in [-0.2, -0.15) is 0 Å². The molecule has 0 spiro atoms. The average Bonchev–Trinajstić information content (AvgIpc) is 3.30. The molecule has 10 nitrogen and oxygen atoms in total. The molecule has 0 aromatic heterocycles. The molecule has 67 heavy (non-hydrogen) atoms. The molecule has 0 unspecified atom stereocenters. The van der Waals surface area contributed by atoms with Gasteiger partial charge in [-0.05, 0) is 130 Å². The van der Waals surface area contributed by atoms with Crippen LogP contribution in [0.25, 0.3) is 0 Å². The fourth-order valence-electron chi connectivity index (χ4n) is 8.90. The summed E-state index contributed by atoms with van der Waals surface area (Å²) in [4.78, 5) is 55.2. The normalized spacial score (nSPS) is 11.6. The van der Waals surface area contributed by atoms with Crippen LogP contribution in [-0.4, -0.2) is 92.4 Å². The van der Waals surface area contributed by atoms with E-state index in [2.05, 4.69) is 32.6 Å². The Morgan fingerprint density at radius 1 is 0.343 bits per heavy atom. The lowest BCUT2D eigenvalue weighted by molar-refractivity contribution is -0.151. The molecule has 396 valence electrons. The van der Waals surface area contributed by atoms with Gasteiger partial charge in [0, 0.05) is 32.4 Å². The second-order valence-corrected chi connectivity index (χ2v) is 20.0. The highest BCUT2D eigenvalue weighted by atomic mass is 16.6. The van der Waals surface area contributed by atoms with Crippen molar-refractivity contribution >= 4 is 24.0 Å². The van der Waals surface area contributed by atoms with E-state index in [0.717, 1.165) is 154 Å². The van der Waals surface area contributed by atoms with Crippen LogP contribution in [0.3, 0.4) is 0 Å². The molecule has 0 saturated carbocycles. The first-order chi connectivity index (χ1) is 32.6. The molecule has 0 radical (unpaired) electrons. The Kier molecular flexibility index (Phi) is 46.9. The topological polar surface area (TPSA) is 112 Å². The molecule has 0 bridgehead atoms. The number of hydrogen-bond donors (Lipinski definition) is 0. The number of unbranched alkanes of at least 4 members (excludes halogenated alkanes) is 22. The molecule has 0 atom stereocenters. The first-order valence-corrected chi connectivity index (χ1v) is 28.7. The second-order valence-electron chi connectivity index (χ2n) is 20.0. The van der Waals surface area contributed by atoms with Crippen LogP contribution in [-0.2, 0) is 33.3 Å². The Morgan fingerprint density at radius 3 is 1.01 bits per heavy atom. The molecule has 0 N–H and O–H groups in total. The maximum atomic E-state index is 13.7. The van der Waals surface area contributed by atoms with Crippen LogP contribution in [0, 0.1) is 0 Å². The van der Waals surface area contributed by atoms with Gasteiger partial charge in [0.15, 0.2) is 0 Å². The molecule has 0 aliphatic heterocycles. The summed E-state index contributed by atoms with van der Waals surface area (Å²) in [5.74, 6) is -0.281. The third kappa shape index (κ3) is 43.4. The number of esters is 3. The van der Waals surface area contributed by atoms with E-state index < -0.39 is 0 Å². The zero-order chi connectivity index (χ0) is 49.4. The van der Waals surface area contributed by atoms with Gasteiger partial charge in [-0.3, -0.25) is 14.4 Å². The molecule has 0 aliphatic rings. The van der Waals surface area contributed by atoms with Crippen molar-refractivity contribution in [2.45, 2.75) is 303 Å². The lowest BCUT2D eigenvalue weighted by Crippen LogP contribution is -2.37. The van der Waals surface area contributed by atoms with Gasteiger partial charge in [0.05, 0.1) is 6.61 Å². The molecule has 0 fully saturated rings. The van der Waals surface area contributed by atoms with Gasteiger partial charge in [0.25, 0.3) is 0 Å². The highest BCUT2D eigenvalue weighted by Crippen LogP contribution is 2.21. The molecule has 10 heteroatoms. The van der Waals surface area contributed by atoms with E-state index in [0.29, 0.717) is 39.0 Å². The molecule has 1 amide bonds. The summed E-state index contributed by atoms with van der Waals surface area (Å²) in [6.45, 7) is 13.0. The van der Waals surface area contributed by atoms with E-state index in [1.54, 1.807) is 4.90 Å². The van der Waals surface area contributed by atoms with Crippen molar-refractivity contribution in [3.05, 3.63) is 0 Å². The third-order valence-electron chi connectivity index (χ3n) is 13.1. The minimum atomic E-state index is -0.278. The first-order valence-electron chi connectivity index (χ1n) is 28.7. The summed E-state index contributed by atoms with van der Waals surface area (Å²) in [6, 6.07) is 0. The molecule has 0 aliphatic carbocycles. The average molecular weight is 952 g/mol. The van der Waals surface area contributed by atoms with Crippen molar-refractivity contribution in [3.8, 4) is 0 Å². The van der Waals surface area contributed by atoms with Gasteiger partial charge >= 0.3 is 24.0 Å². The number of nitrogens with zero attached hydrogens (tertiary/aromatic N) is 2. The fourth-order valence-corrected chi connectivity index (χ4v) is 8.90. The zero-order valence-corrected chi connectivity index (χ0v) is 45.3. The number of carbonyl (C=O) groups excluding carboxylic acids is 4. The van der Waals surface area contributed by atoms with Crippen LogP contribution in [0.2, 0.25) is 0 Å². The monoisotopic (exact) mass is 951 g/mol. The van der Waals surface area contributed by atoms with E-state index in [4.69, 9.17) is 18.9 Å². The third-order valence-corrected chi connectivity index (χ3v) is 13.1. The van der Waals surface area contributed by atoms with Crippen LogP contribution in [0.4, 0.5) is 4.79 Å². The minimum absolute atomic E-state index is 0.0257. The Morgan fingerprint density at radius 2 is 0.657 bits per heavy atom. The van der Waals surface area contributed by atoms with Crippen LogP contribution in [0.1, 0.15) is 285 Å². The van der Waals surface area contributed by atoms with E-state index in [1.807, 2.05) is 21.0 Å². The minimum Gasteiger partial charge on any atom is -0.466 e. The summed E-state index contributed by atoms with van der Waals surface area (Å²) < 4.78 is 23.4. The lowest BCUT2D eigenvalue weighted by Gasteiger charge is -2.26. The van der Waals surface area contributed by atoms with E-state index in [-0.39, 0.29) is 48.7 Å². The zero-order valence-electron chi connectivity index (χ0n) is 45.3. The molecular weight excluding hydrogens is 841 g/mol. The predicted molar refractivity (Wildman–Crippen MR) is 280 cm³/mol. The maximum Gasteiger partial charge on any atom is 0.410 e. The summed E-state index contributed by atoms with van der Waals surface area (Å²) in [5.41, 5.74) is 0. The van der Waals surface area contributed by atoms with E-state index in [1.165, 1.54) is 77.0 Å².